The van der Waals surface area contributed by atoms with Gasteiger partial charge in [0, 0.05) is 38.4 Å². The van der Waals surface area contributed by atoms with Crippen LogP contribution in [0.3, 0.4) is 0 Å². The number of benzene rings is 2. The summed E-state index contributed by atoms with van der Waals surface area (Å²) in [7, 11) is -3.61. The van der Waals surface area contributed by atoms with Crippen molar-refractivity contribution in [3.8, 4) is 0 Å². The number of rotatable bonds is 9. The van der Waals surface area contributed by atoms with Crippen LogP contribution < -0.4 is 5.32 Å². The number of sulfonamides is 1. The minimum atomic E-state index is -3.61. The van der Waals surface area contributed by atoms with Crippen LogP contribution in [0.25, 0.3) is 0 Å². The lowest BCUT2D eigenvalue weighted by atomic mass is 9.94. The monoisotopic (exact) mass is 538 g/mol. The van der Waals surface area contributed by atoms with E-state index in [1.165, 1.54) is 9.21 Å². The Hall–Kier alpha value is -3.47. The lowest BCUT2D eigenvalue weighted by molar-refractivity contribution is -0.139. The molecule has 9 nitrogen and oxygen atoms in total. The summed E-state index contributed by atoms with van der Waals surface area (Å²) in [4.78, 5) is 30.4. The van der Waals surface area contributed by atoms with Crippen LogP contribution in [0, 0.1) is 0 Å². The Morgan fingerprint density at radius 2 is 1.74 bits per heavy atom. The van der Waals surface area contributed by atoms with Crippen molar-refractivity contribution in [2.75, 3.05) is 45.9 Å². The van der Waals surface area contributed by atoms with Gasteiger partial charge in [0.25, 0.3) is 0 Å². The molecule has 2 heterocycles. The predicted molar refractivity (Wildman–Crippen MR) is 145 cm³/mol. The zero-order chi connectivity index (χ0) is 27.1. The number of urea groups is 1. The second-order valence-electron chi connectivity index (χ2n) is 9.12. The van der Waals surface area contributed by atoms with E-state index in [0.717, 1.165) is 5.56 Å². The molecule has 10 heteroatoms. The van der Waals surface area contributed by atoms with Crippen LogP contribution in [0.1, 0.15) is 24.9 Å². The van der Waals surface area contributed by atoms with Crippen LogP contribution >= 0.6 is 0 Å². The summed E-state index contributed by atoms with van der Waals surface area (Å²) in [5.74, 6) is -0.492. The van der Waals surface area contributed by atoms with E-state index in [2.05, 4.69) is 16.8 Å². The lowest BCUT2D eigenvalue weighted by Crippen LogP contribution is -2.51. The first-order valence-corrected chi connectivity index (χ1v) is 14.2. The van der Waals surface area contributed by atoms with E-state index < -0.39 is 22.0 Å². The van der Waals surface area contributed by atoms with Gasteiger partial charge in [-0.25, -0.2) is 18.0 Å². The van der Waals surface area contributed by atoms with Crippen molar-refractivity contribution in [3.63, 3.8) is 0 Å². The molecule has 0 aromatic heterocycles. The maximum absolute atomic E-state index is 13.3. The van der Waals surface area contributed by atoms with Crippen LogP contribution in [0.15, 0.2) is 89.5 Å². The van der Waals surface area contributed by atoms with Crippen LogP contribution in [-0.4, -0.2) is 80.4 Å². The van der Waals surface area contributed by atoms with Crippen molar-refractivity contribution < 1.29 is 22.7 Å². The fourth-order valence-corrected chi connectivity index (χ4v) is 6.33. The molecule has 2 aliphatic rings. The zero-order valence-corrected chi connectivity index (χ0v) is 22.4. The third-order valence-corrected chi connectivity index (χ3v) is 8.59. The van der Waals surface area contributed by atoms with E-state index in [-0.39, 0.29) is 30.6 Å². The van der Waals surface area contributed by atoms with E-state index in [4.69, 9.17) is 4.74 Å². The molecule has 0 bridgehead atoms. The maximum Gasteiger partial charge on any atom is 0.338 e. The molecule has 2 aliphatic heterocycles. The van der Waals surface area contributed by atoms with Crippen molar-refractivity contribution in [2.24, 2.45) is 0 Å². The number of esters is 1. The highest BCUT2D eigenvalue weighted by molar-refractivity contribution is 7.89. The Labute approximate surface area is 224 Å². The maximum atomic E-state index is 13.3. The zero-order valence-electron chi connectivity index (χ0n) is 21.6. The van der Waals surface area contributed by atoms with E-state index in [1.807, 2.05) is 30.3 Å². The fourth-order valence-electron chi connectivity index (χ4n) is 4.84. The minimum Gasteiger partial charge on any atom is -0.463 e. The second kappa shape index (κ2) is 12.4. The third kappa shape index (κ3) is 5.98. The summed E-state index contributed by atoms with van der Waals surface area (Å²) in [5.41, 5.74) is 1.69. The number of nitrogens with one attached hydrogen (secondary N) is 1. The fraction of sp³-hybridized carbons (Fsp3) is 0.357. The molecule has 1 fully saturated rings. The minimum absolute atomic E-state index is 0.197. The van der Waals surface area contributed by atoms with Gasteiger partial charge in [-0.15, -0.1) is 6.58 Å². The van der Waals surface area contributed by atoms with Gasteiger partial charge in [-0.2, -0.15) is 4.31 Å². The third-order valence-electron chi connectivity index (χ3n) is 6.68. The molecule has 1 saturated heterocycles. The van der Waals surface area contributed by atoms with Gasteiger partial charge in [0.1, 0.15) is 0 Å². The molecule has 1 atom stereocenters. The largest absolute Gasteiger partial charge is 0.463 e. The number of hydrogen-bond donors (Lipinski definition) is 1. The van der Waals surface area contributed by atoms with Gasteiger partial charge in [0.05, 0.1) is 23.1 Å². The number of hydrogen-bond acceptors (Lipinski definition) is 6. The van der Waals surface area contributed by atoms with Crippen molar-refractivity contribution >= 4 is 22.0 Å². The van der Waals surface area contributed by atoms with Gasteiger partial charge in [-0.05, 0) is 37.6 Å². The molecule has 4 rings (SSSR count). The Balaban J connectivity index is 1.66. The topological polar surface area (TPSA) is 99.3 Å². The molecule has 0 spiro atoms. The first kappa shape index (κ1) is 27.6. The molecule has 1 unspecified atom stereocenters. The Morgan fingerprint density at radius 3 is 2.39 bits per heavy atom. The molecule has 0 saturated carbocycles. The summed E-state index contributed by atoms with van der Waals surface area (Å²) in [5, 5.41) is 2.96. The Kier molecular flexibility index (Phi) is 8.98. The smallest absolute Gasteiger partial charge is 0.338 e. The van der Waals surface area contributed by atoms with Crippen molar-refractivity contribution in [2.45, 2.75) is 24.3 Å². The lowest BCUT2D eigenvalue weighted by Gasteiger charge is -2.38. The van der Waals surface area contributed by atoms with Crippen molar-refractivity contribution in [1.82, 2.24) is 19.4 Å². The molecule has 2 amide bonds. The van der Waals surface area contributed by atoms with E-state index in [1.54, 1.807) is 43.3 Å². The molecule has 0 aliphatic carbocycles. The van der Waals surface area contributed by atoms with Gasteiger partial charge in [0.15, 0.2) is 0 Å². The first-order valence-electron chi connectivity index (χ1n) is 12.8. The quantitative estimate of drug-likeness (QED) is 0.389. The number of ether oxygens (including phenoxy) is 1. The van der Waals surface area contributed by atoms with Crippen LogP contribution in [0.2, 0.25) is 0 Å². The van der Waals surface area contributed by atoms with Crippen molar-refractivity contribution in [1.29, 1.82) is 0 Å². The van der Waals surface area contributed by atoms with E-state index in [0.29, 0.717) is 43.9 Å². The summed E-state index contributed by atoms with van der Waals surface area (Å²) in [6.45, 7) is 7.99. The molecule has 2 aromatic carbocycles. The number of nitrogens with zero attached hydrogens (tertiary/aromatic N) is 3. The average molecular weight is 539 g/mol. The van der Waals surface area contributed by atoms with E-state index in [9.17, 15) is 18.0 Å². The highest BCUT2D eigenvalue weighted by atomic mass is 32.2. The highest BCUT2D eigenvalue weighted by Crippen LogP contribution is 2.32. The summed E-state index contributed by atoms with van der Waals surface area (Å²) in [6.07, 6.45) is 2.23. The number of amides is 2. The van der Waals surface area contributed by atoms with Gasteiger partial charge in [-0.1, -0.05) is 54.6 Å². The standard InChI is InChI=1S/C28H34N4O5S/c1-3-16-32-24(25(27(33)37-4-2)26(29-28(32)34)22-12-7-5-8-13-22)21-30-17-11-18-31(20-19-30)38(35,36)23-14-9-6-10-15-23/h3,5-10,12-15,26H,1,4,11,16-21H2,2H3,(H,29,34). The Morgan fingerprint density at radius 1 is 1.05 bits per heavy atom. The average Bonchev–Trinajstić information content (AvgIpc) is 3.17. The molecule has 38 heavy (non-hydrogen) atoms. The second-order valence-corrected chi connectivity index (χ2v) is 11.1. The van der Waals surface area contributed by atoms with Gasteiger partial charge in [0.2, 0.25) is 10.0 Å². The molecule has 202 valence electrons. The molecule has 0 radical (unpaired) electrons. The first-order chi connectivity index (χ1) is 18.4. The highest BCUT2D eigenvalue weighted by Gasteiger charge is 2.38. The van der Waals surface area contributed by atoms with Crippen molar-refractivity contribution in [3.05, 3.63) is 90.2 Å². The SMILES string of the molecule is C=CCN1C(=O)NC(c2ccccc2)C(C(=O)OCC)=C1CN1CCCN(S(=O)(=O)c2ccccc2)CC1. The van der Waals surface area contributed by atoms with E-state index >= 15 is 0 Å². The summed E-state index contributed by atoms with van der Waals surface area (Å²) in [6, 6.07) is 16.7. The Bertz CT molecular complexity index is 1280. The molecular formula is C28H34N4O5S. The molecule has 1 N–H and O–H groups in total. The number of carbonyl (C=O) groups is 2. The van der Waals surface area contributed by atoms with Gasteiger partial charge < -0.3 is 10.1 Å². The normalized spacial score (nSPS) is 19.6. The summed E-state index contributed by atoms with van der Waals surface area (Å²) < 4.78 is 33.3. The number of carbonyl (C=O) groups excluding carboxylic acids is 2. The van der Waals surface area contributed by atoms with Gasteiger partial charge in [-0.3, -0.25) is 9.80 Å². The van der Waals surface area contributed by atoms with Gasteiger partial charge >= 0.3 is 12.0 Å². The molecular weight excluding hydrogens is 504 g/mol. The predicted octanol–water partition coefficient (Wildman–Crippen LogP) is 3.15. The molecule has 2 aromatic rings. The van der Waals surface area contributed by atoms with Crippen LogP contribution in [0.4, 0.5) is 4.79 Å². The van der Waals surface area contributed by atoms with Crippen LogP contribution in [0.5, 0.6) is 0 Å². The van der Waals surface area contributed by atoms with Crippen LogP contribution in [-0.2, 0) is 19.6 Å². The summed E-state index contributed by atoms with van der Waals surface area (Å²) >= 11 is 0.